The smallest absolute Gasteiger partial charge is 0.323 e. The maximum Gasteiger partial charge on any atom is 0.323 e. The van der Waals surface area contributed by atoms with Crippen LogP contribution in [0.4, 0.5) is 8.78 Å². The Morgan fingerprint density at radius 2 is 2.04 bits per heavy atom. The Balaban J connectivity index is 1.60. The summed E-state index contributed by atoms with van der Waals surface area (Å²) in [7, 11) is 0. The summed E-state index contributed by atoms with van der Waals surface area (Å²) in [4.78, 5) is 24.7. The molecule has 8 heteroatoms. The third-order valence-electron chi connectivity index (χ3n) is 6.12. The van der Waals surface area contributed by atoms with Gasteiger partial charge in [-0.2, -0.15) is 0 Å². The maximum atomic E-state index is 13.9. The fraction of sp³-hybridized carbons (Fsp3) is 0.889. The Hall–Kier alpha value is -1.28. The van der Waals surface area contributed by atoms with E-state index in [1.807, 2.05) is 0 Å². The van der Waals surface area contributed by atoms with Crippen molar-refractivity contribution in [1.29, 1.82) is 0 Å². The monoisotopic (exact) mass is 373 g/mol. The molecule has 3 fully saturated rings. The van der Waals surface area contributed by atoms with Crippen molar-refractivity contribution in [3.05, 3.63) is 0 Å². The average Bonchev–Trinajstić information content (AvgIpc) is 2.89. The number of likely N-dealkylation sites (tertiary alicyclic amines) is 1. The summed E-state index contributed by atoms with van der Waals surface area (Å²) >= 11 is 0. The number of hydrogen-bond acceptors (Lipinski definition) is 6. The fourth-order valence-corrected chi connectivity index (χ4v) is 4.88. The fourth-order valence-electron chi connectivity index (χ4n) is 4.88. The molecule has 1 saturated carbocycles. The van der Waals surface area contributed by atoms with Crippen molar-refractivity contribution in [3.63, 3.8) is 0 Å². The third-order valence-corrected chi connectivity index (χ3v) is 6.12. The molecule has 6 nitrogen and oxygen atoms in total. The summed E-state index contributed by atoms with van der Waals surface area (Å²) in [6.45, 7) is 2.54. The van der Waals surface area contributed by atoms with Crippen LogP contribution in [0.1, 0.15) is 39.0 Å². The van der Waals surface area contributed by atoms with Crippen LogP contribution < -0.4 is 10.4 Å². The van der Waals surface area contributed by atoms with Gasteiger partial charge in [-0.3, -0.25) is 9.69 Å². The molecule has 2 heterocycles. The average molecular weight is 373 g/mol. The predicted octanol–water partition coefficient (Wildman–Crippen LogP) is 0.403. The van der Waals surface area contributed by atoms with Crippen molar-refractivity contribution in [3.8, 4) is 0 Å². The molecule has 0 radical (unpaired) electrons. The Bertz CT molecular complexity index is 545. The number of piperidine rings is 1. The van der Waals surface area contributed by atoms with Crippen LogP contribution in [-0.4, -0.2) is 61.1 Å². The first-order valence-corrected chi connectivity index (χ1v) is 9.52. The minimum atomic E-state index is -2.87. The largest absolute Gasteiger partial charge is 0.548 e. The first kappa shape index (κ1) is 19.5. The molecule has 0 aromatic carbocycles. The highest BCUT2D eigenvalue weighted by molar-refractivity contribution is 5.76. The number of carbonyl (C=O) groups is 2. The van der Waals surface area contributed by atoms with Gasteiger partial charge in [0.15, 0.2) is 0 Å². The second kappa shape index (κ2) is 7.76. The standard InChI is InChI=1S/C18H28F2N2O4/c1-2-26-17(25)15-7-18(19,20)10-22(15)9-11-3-4-12-8-21-14(16(23)24)6-13(12)5-11/h11-15,21H,2-10H2,1H3,(H,23,24)/p-1/t11?,12?,13?,14?,15-/m0/s1. The highest BCUT2D eigenvalue weighted by atomic mass is 19.3. The van der Waals surface area contributed by atoms with Gasteiger partial charge in [0.05, 0.1) is 19.1 Å². The van der Waals surface area contributed by atoms with Crippen LogP contribution in [0.25, 0.3) is 0 Å². The van der Waals surface area contributed by atoms with E-state index >= 15 is 0 Å². The highest BCUT2D eigenvalue weighted by Crippen LogP contribution is 2.40. The Morgan fingerprint density at radius 3 is 2.73 bits per heavy atom. The minimum absolute atomic E-state index is 0.180. The number of esters is 1. The van der Waals surface area contributed by atoms with Gasteiger partial charge in [-0.1, -0.05) is 0 Å². The topological polar surface area (TPSA) is 81.7 Å². The number of carboxylic acids is 1. The first-order chi connectivity index (χ1) is 12.3. The molecular weight excluding hydrogens is 346 g/mol. The molecule has 2 aliphatic heterocycles. The number of carboxylic acid groups (broad SMARTS) is 1. The molecule has 0 aromatic heterocycles. The van der Waals surface area contributed by atoms with Gasteiger partial charge in [0.1, 0.15) is 6.04 Å². The van der Waals surface area contributed by atoms with E-state index in [1.54, 1.807) is 11.8 Å². The number of hydrogen-bond donors (Lipinski definition) is 1. The van der Waals surface area contributed by atoms with Crippen molar-refractivity contribution in [2.45, 2.75) is 57.0 Å². The molecule has 2 saturated heterocycles. The Labute approximate surface area is 152 Å². The maximum absolute atomic E-state index is 13.9. The van der Waals surface area contributed by atoms with Crippen LogP contribution in [0.3, 0.4) is 0 Å². The molecule has 26 heavy (non-hydrogen) atoms. The quantitative estimate of drug-likeness (QED) is 0.703. The van der Waals surface area contributed by atoms with Crippen LogP contribution in [0.15, 0.2) is 0 Å². The zero-order valence-corrected chi connectivity index (χ0v) is 15.1. The van der Waals surface area contributed by atoms with Crippen molar-refractivity contribution < 1.29 is 28.2 Å². The molecule has 3 aliphatic rings. The second-order valence-electron chi connectivity index (χ2n) is 7.97. The summed E-state index contributed by atoms with van der Waals surface area (Å²) in [6.07, 6.45) is 2.73. The van der Waals surface area contributed by atoms with Gasteiger partial charge in [-0.05, 0) is 56.9 Å². The van der Waals surface area contributed by atoms with Crippen LogP contribution >= 0.6 is 0 Å². The molecule has 0 spiro atoms. The molecular formula is C18H27F2N2O4-. The molecule has 0 bridgehead atoms. The number of carbonyl (C=O) groups excluding carboxylic acids is 2. The lowest BCUT2D eigenvalue weighted by Gasteiger charge is -2.43. The molecule has 5 atom stereocenters. The van der Waals surface area contributed by atoms with E-state index in [0.717, 1.165) is 19.3 Å². The lowest BCUT2D eigenvalue weighted by atomic mass is 9.69. The molecule has 1 N–H and O–H groups in total. The van der Waals surface area contributed by atoms with Gasteiger partial charge in [0, 0.05) is 19.0 Å². The van der Waals surface area contributed by atoms with E-state index in [1.165, 1.54) is 0 Å². The minimum Gasteiger partial charge on any atom is -0.548 e. The molecule has 0 amide bonds. The SMILES string of the molecule is CCOC(=O)[C@@H]1CC(F)(F)CN1CC1CCC2CNC(C(=O)[O-])CC2C1. The lowest BCUT2D eigenvalue weighted by molar-refractivity contribution is -0.309. The first-order valence-electron chi connectivity index (χ1n) is 9.52. The van der Waals surface area contributed by atoms with E-state index in [0.29, 0.717) is 25.4 Å². The molecule has 148 valence electrons. The van der Waals surface area contributed by atoms with Gasteiger partial charge in [0.2, 0.25) is 0 Å². The number of nitrogens with zero attached hydrogens (tertiary/aromatic N) is 1. The number of rotatable bonds is 5. The Morgan fingerprint density at radius 1 is 1.27 bits per heavy atom. The molecule has 4 unspecified atom stereocenters. The van der Waals surface area contributed by atoms with Gasteiger partial charge < -0.3 is 20.0 Å². The zero-order chi connectivity index (χ0) is 18.9. The van der Waals surface area contributed by atoms with E-state index in [-0.39, 0.29) is 18.4 Å². The molecule has 0 aromatic rings. The van der Waals surface area contributed by atoms with Gasteiger partial charge in [0.25, 0.3) is 5.92 Å². The number of aliphatic carboxylic acids is 1. The van der Waals surface area contributed by atoms with Crippen LogP contribution in [0.5, 0.6) is 0 Å². The number of alkyl halides is 2. The second-order valence-corrected chi connectivity index (χ2v) is 7.97. The van der Waals surface area contributed by atoms with Crippen molar-refractivity contribution >= 4 is 11.9 Å². The number of ether oxygens (including phenoxy) is 1. The zero-order valence-electron chi connectivity index (χ0n) is 15.1. The summed E-state index contributed by atoms with van der Waals surface area (Å²) in [5.74, 6) is -3.62. The number of nitrogens with one attached hydrogen (secondary N) is 1. The summed E-state index contributed by atoms with van der Waals surface area (Å²) < 4.78 is 32.7. The van der Waals surface area contributed by atoms with Gasteiger partial charge in [-0.25, -0.2) is 8.78 Å². The van der Waals surface area contributed by atoms with Crippen LogP contribution in [0.2, 0.25) is 0 Å². The third kappa shape index (κ3) is 4.34. The lowest BCUT2D eigenvalue weighted by Crippen LogP contribution is -2.54. The summed E-state index contributed by atoms with van der Waals surface area (Å²) in [5.41, 5.74) is 0. The van der Waals surface area contributed by atoms with E-state index in [9.17, 15) is 23.5 Å². The van der Waals surface area contributed by atoms with Crippen LogP contribution in [-0.2, 0) is 14.3 Å². The van der Waals surface area contributed by atoms with Gasteiger partial charge >= 0.3 is 5.97 Å². The molecule has 3 rings (SSSR count). The van der Waals surface area contributed by atoms with Crippen molar-refractivity contribution in [2.24, 2.45) is 17.8 Å². The number of halogens is 2. The van der Waals surface area contributed by atoms with Crippen LogP contribution in [0, 0.1) is 17.8 Å². The van der Waals surface area contributed by atoms with E-state index in [2.05, 4.69) is 5.32 Å². The van der Waals surface area contributed by atoms with Crippen molar-refractivity contribution in [2.75, 3.05) is 26.2 Å². The summed E-state index contributed by atoms with van der Waals surface area (Å²) in [5, 5.41) is 14.1. The van der Waals surface area contributed by atoms with Crippen molar-refractivity contribution in [1.82, 2.24) is 10.2 Å². The summed E-state index contributed by atoms with van der Waals surface area (Å²) in [6, 6.07) is -1.51. The van der Waals surface area contributed by atoms with E-state index in [4.69, 9.17) is 4.74 Å². The highest BCUT2D eigenvalue weighted by Gasteiger charge is 2.49. The van der Waals surface area contributed by atoms with Gasteiger partial charge in [-0.15, -0.1) is 0 Å². The van der Waals surface area contributed by atoms with E-state index < -0.39 is 42.9 Å². The number of fused-ring (bicyclic) bond motifs is 1. The predicted molar refractivity (Wildman–Crippen MR) is 87.3 cm³/mol. The molecule has 1 aliphatic carbocycles. The Kier molecular flexibility index (Phi) is 5.81. The normalized spacial score (nSPS) is 37.1.